The molecular weight excluding hydrogens is 399 g/mol. The molecule has 0 aliphatic heterocycles. The molecule has 0 unspecified atom stereocenters. The highest BCUT2D eigenvalue weighted by atomic mass is 32.2. The Balaban J connectivity index is 1.75. The molecular formula is C20H17FN2O3S2. The third kappa shape index (κ3) is 4.71. The van der Waals surface area contributed by atoms with E-state index in [1.54, 1.807) is 17.8 Å². The first-order chi connectivity index (χ1) is 13.4. The summed E-state index contributed by atoms with van der Waals surface area (Å²) in [5, 5.41) is 2.77. The van der Waals surface area contributed by atoms with E-state index in [1.807, 2.05) is 24.5 Å². The second-order valence-corrected chi connectivity index (χ2v) is 8.36. The van der Waals surface area contributed by atoms with E-state index >= 15 is 0 Å². The standard InChI is InChI=1S/C20H17FN2O3S2/c1-27-16-6-4-5-15(13-16)22-20(24)14-9-11-17(12-10-14)28(25,26)23-19-8-3-2-7-18(19)21/h2-13,23H,1H3,(H,22,24). The normalized spacial score (nSPS) is 11.1. The smallest absolute Gasteiger partial charge is 0.261 e. The molecule has 0 aliphatic rings. The zero-order valence-corrected chi connectivity index (χ0v) is 16.5. The van der Waals surface area contributed by atoms with E-state index in [9.17, 15) is 17.6 Å². The molecule has 2 N–H and O–H groups in total. The molecule has 0 fully saturated rings. The molecule has 1 amide bonds. The number of para-hydroxylation sites is 1. The lowest BCUT2D eigenvalue weighted by Gasteiger charge is -2.10. The number of nitrogens with one attached hydrogen (secondary N) is 2. The van der Waals surface area contributed by atoms with Crippen molar-refractivity contribution in [2.75, 3.05) is 16.3 Å². The summed E-state index contributed by atoms with van der Waals surface area (Å²) in [7, 11) is -3.97. The molecule has 0 radical (unpaired) electrons. The van der Waals surface area contributed by atoms with Crippen molar-refractivity contribution in [1.82, 2.24) is 0 Å². The highest BCUT2D eigenvalue weighted by molar-refractivity contribution is 7.98. The zero-order valence-electron chi connectivity index (χ0n) is 14.8. The lowest BCUT2D eigenvalue weighted by molar-refractivity contribution is 0.102. The summed E-state index contributed by atoms with van der Waals surface area (Å²) in [5.41, 5.74) is 0.812. The summed E-state index contributed by atoms with van der Waals surface area (Å²) in [6.07, 6.45) is 1.94. The molecule has 0 atom stereocenters. The van der Waals surface area contributed by atoms with Gasteiger partial charge < -0.3 is 5.32 Å². The average Bonchev–Trinajstić information content (AvgIpc) is 2.70. The molecule has 0 aromatic heterocycles. The van der Waals surface area contributed by atoms with Crippen molar-refractivity contribution in [2.24, 2.45) is 0 Å². The number of rotatable bonds is 6. The molecule has 0 spiro atoms. The van der Waals surface area contributed by atoms with Crippen LogP contribution in [0, 0.1) is 5.82 Å². The lowest BCUT2D eigenvalue weighted by atomic mass is 10.2. The molecule has 0 saturated carbocycles. The van der Waals surface area contributed by atoms with Gasteiger partial charge in [-0.25, -0.2) is 12.8 Å². The molecule has 8 heteroatoms. The van der Waals surface area contributed by atoms with Crippen LogP contribution in [0.5, 0.6) is 0 Å². The van der Waals surface area contributed by atoms with E-state index in [1.165, 1.54) is 42.5 Å². The third-order valence-electron chi connectivity index (χ3n) is 3.87. The van der Waals surface area contributed by atoms with Gasteiger partial charge in [-0.1, -0.05) is 18.2 Å². The Morgan fingerprint density at radius 3 is 2.36 bits per heavy atom. The number of carbonyl (C=O) groups excluding carboxylic acids is 1. The van der Waals surface area contributed by atoms with E-state index in [4.69, 9.17) is 0 Å². The Labute approximate surface area is 167 Å². The highest BCUT2D eigenvalue weighted by Gasteiger charge is 2.17. The van der Waals surface area contributed by atoms with Gasteiger partial charge in [0.2, 0.25) is 0 Å². The van der Waals surface area contributed by atoms with Crippen LogP contribution in [0.4, 0.5) is 15.8 Å². The molecule has 144 valence electrons. The summed E-state index contributed by atoms with van der Waals surface area (Å²) < 4.78 is 40.7. The second kappa shape index (κ2) is 8.45. The third-order valence-corrected chi connectivity index (χ3v) is 5.98. The van der Waals surface area contributed by atoms with Crippen LogP contribution in [0.1, 0.15) is 10.4 Å². The summed E-state index contributed by atoms with van der Waals surface area (Å²) in [5.74, 6) is -1.03. The van der Waals surface area contributed by atoms with E-state index in [-0.39, 0.29) is 16.5 Å². The van der Waals surface area contributed by atoms with Crippen molar-refractivity contribution in [3.63, 3.8) is 0 Å². The molecule has 3 aromatic rings. The van der Waals surface area contributed by atoms with Gasteiger partial charge in [0.05, 0.1) is 10.6 Å². The highest BCUT2D eigenvalue weighted by Crippen LogP contribution is 2.21. The van der Waals surface area contributed by atoms with E-state index in [2.05, 4.69) is 10.0 Å². The Bertz CT molecular complexity index is 1100. The maximum atomic E-state index is 13.7. The number of hydrogen-bond donors (Lipinski definition) is 2. The van der Waals surface area contributed by atoms with Gasteiger partial charge in [-0.15, -0.1) is 11.8 Å². The predicted molar refractivity (Wildman–Crippen MR) is 110 cm³/mol. The van der Waals surface area contributed by atoms with Crippen LogP contribution in [0.25, 0.3) is 0 Å². The first-order valence-electron chi connectivity index (χ1n) is 8.22. The number of thioether (sulfide) groups is 1. The number of hydrogen-bond acceptors (Lipinski definition) is 4. The second-order valence-electron chi connectivity index (χ2n) is 5.80. The summed E-state index contributed by atoms with van der Waals surface area (Å²) >= 11 is 1.56. The van der Waals surface area contributed by atoms with E-state index in [0.717, 1.165) is 11.0 Å². The van der Waals surface area contributed by atoms with Crippen molar-refractivity contribution in [2.45, 2.75) is 9.79 Å². The number of amides is 1. The van der Waals surface area contributed by atoms with Gasteiger partial charge in [0.1, 0.15) is 5.82 Å². The fraction of sp³-hybridized carbons (Fsp3) is 0.0500. The Morgan fingerprint density at radius 2 is 1.68 bits per heavy atom. The number of benzene rings is 3. The number of sulfonamides is 1. The fourth-order valence-electron chi connectivity index (χ4n) is 2.44. The molecule has 0 aliphatic carbocycles. The Hall–Kier alpha value is -2.84. The van der Waals surface area contributed by atoms with E-state index in [0.29, 0.717) is 11.3 Å². The van der Waals surface area contributed by atoms with Crippen LogP contribution < -0.4 is 10.0 Å². The monoisotopic (exact) mass is 416 g/mol. The molecule has 0 bridgehead atoms. The molecule has 3 rings (SSSR count). The van der Waals surface area contributed by atoms with Crippen molar-refractivity contribution < 1.29 is 17.6 Å². The largest absolute Gasteiger partial charge is 0.322 e. The number of carbonyl (C=O) groups is 1. The van der Waals surface area contributed by atoms with Crippen molar-refractivity contribution in [3.8, 4) is 0 Å². The maximum absolute atomic E-state index is 13.7. The molecule has 0 saturated heterocycles. The zero-order chi connectivity index (χ0) is 20.1. The lowest BCUT2D eigenvalue weighted by Crippen LogP contribution is -2.15. The van der Waals surface area contributed by atoms with Crippen LogP contribution in [-0.4, -0.2) is 20.6 Å². The predicted octanol–water partition coefficient (Wildman–Crippen LogP) is 4.60. The van der Waals surface area contributed by atoms with Crippen molar-refractivity contribution in [1.29, 1.82) is 0 Å². The fourth-order valence-corrected chi connectivity index (χ4v) is 3.96. The van der Waals surface area contributed by atoms with E-state index < -0.39 is 15.8 Å². The van der Waals surface area contributed by atoms with Crippen LogP contribution in [0.15, 0.2) is 82.6 Å². The molecule has 5 nitrogen and oxygen atoms in total. The van der Waals surface area contributed by atoms with Crippen molar-refractivity contribution in [3.05, 3.63) is 84.2 Å². The average molecular weight is 416 g/mol. The minimum absolute atomic E-state index is 0.0725. The summed E-state index contributed by atoms with van der Waals surface area (Å²) in [6, 6.07) is 18.3. The first kappa shape index (κ1) is 19.9. The molecule has 0 heterocycles. The van der Waals surface area contributed by atoms with Gasteiger partial charge in [-0.3, -0.25) is 9.52 Å². The Morgan fingerprint density at radius 1 is 0.964 bits per heavy atom. The summed E-state index contributed by atoms with van der Waals surface area (Å²) in [4.78, 5) is 13.3. The summed E-state index contributed by atoms with van der Waals surface area (Å²) in [6.45, 7) is 0. The van der Waals surface area contributed by atoms with Gasteiger partial charge in [0, 0.05) is 16.1 Å². The van der Waals surface area contributed by atoms with Crippen LogP contribution in [0.3, 0.4) is 0 Å². The van der Waals surface area contributed by atoms with Gasteiger partial charge in [-0.05, 0) is 60.9 Å². The van der Waals surface area contributed by atoms with Crippen LogP contribution in [0.2, 0.25) is 0 Å². The number of anilines is 2. The minimum Gasteiger partial charge on any atom is -0.322 e. The molecule has 28 heavy (non-hydrogen) atoms. The maximum Gasteiger partial charge on any atom is 0.261 e. The topological polar surface area (TPSA) is 75.3 Å². The first-order valence-corrected chi connectivity index (χ1v) is 10.9. The van der Waals surface area contributed by atoms with Gasteiger partial charge in [0.25, 0.3) is 15.9 Å². The van der Waals surface area contributed by atoms with Gasteiger partial charge >= 0.3 is 0 Å². The Kier molecular flexibility index (Phi) is 6.01. The minimum atomic E-state index is -3.97. The SMILES string of the molecule is CSc1cccc(NC(=O)c2ccc(S(=O)(=O)Nc3ccccc3F)cc2)c1. The van der Waals surface area contributed by atoms with Crippen LogP contribution in [-0.2, 0) is 10.0 Å². The van der Waals surface area contributed by atoms with Gasteiger partial charge in [0.15, 0.2) is 0 Å². The van der Waals surface area contributed by atoms with Gasteiger partial charge in [-0.2, -0.15) is 0 Å². The van der Waals surface area contributed by atoms with Crippen molar-refractivity contribution >= 4 is 39.1 Å². The molecule has 3 aromatic carbocycles. The number of halogens is 1. The quantitative estimate of drug-likeness (QED) is 0.576. The van der Waals surface area contributed by atoms with Crippen LogP contribution >= 0.6 is 11.8 Å².